The highest BCUT2D eigenvalue weighted by Gasteiger charge is 2.19. The SMILES string of the molecule is N#Cc1c(F)cc(F)cc1S(N)(=O)=O. The van der Waals surface area contributed by atoms with Crippen molar-refractivity contribution in [2.75, 3.05) is 0 Å². The van der Waals surface area contributed by atoms with Crippen molar-refractivity contribution in [3.05, 3.63) is 29.3 Å². The van der Waals surface area contributed by atoms with Crippen molar-refractivity contribution in [2.45, 2.75) is 4.90 Å². The van der Waals surface area contributed by atoms with Crippen molar-refractivity contribution >= 4 is 10.0 Å². The summed E-state index contributed by atoms with van der Waals surface area (Å²) >= 11 is 0. The van der Waals surface area contributed by atoms with Crippen LogP contribution in [0.3, 0.4) is 0 Å². The Morgan fingerprint density at radius 3 is 2.36 bits per heavy atom. The molecule has 0 atom stereocenters. The summed E-state index contributed by atoms with van der Waals surface area (Å²) in [6.07, 6.45) is 0. The minimum absolute atomic E-state index is 0.410. The van der Waals surface area contributed by atoms with Gasteiger partial charge in [0.15, 0.2) is 0 Å². The number of benzene rings is 1. The van der Waals surface area contributed by atoms with E-state index in [-0.39, 0.29) is 0 Å². The third-order valence-electron chi connectivity index (χ3n) is 1.44. The number of nitrogens with two attached hydrogens (primary N) is 1. The Bertz CT molecular complexity index is 519. The first kappa shape index (κ1) is 10.6. The second kappa shape index (κ2) is 3.32. The normalized spacial score (nSPS) is 11.0. The molecule has 0 radical (unpaired) electrons. The fraction of sp³-hybridized carbons (Fsp3) is 0. The van der Waals surface area contributed by atoms with Crippen molar-refractivity contribution in [3.63, 3.8) is 0 Å². The molecule has 1 aromatic rings. The standard InChI is InChI=1S/C7H4F2N2O2S/c8-4-1-6(9)5(3-10)7(2-4)14(11,12)13/h1-2H,(H2,11,12,13). The summed E-state index contributed by atoms with van der Waals surface area (Å²) in [7, 11) is -4.29. The monoisotopic (exact) mass is 218 g/mol. The van der Waals surface area contributed by atoms with Gasteiger partial charge in [-0.3, -0.25) is 0 Å². The van der Waals surface area contributed by atoms with E-state index in [0.29, 0.717) is 12.1 Å². The lowest BCUT2D eigenvalue weighted by atomic mass is 10.2. The Hall–Kier alpha value is -1.52. The lowest BCUT2D eigenvalue weighted by molar-refractivity contribution is 0.564. The summed E-state index contributed by atoms with van der Waals surface area (Å²) in [5.74, 6) is -2.36. The summed E-state index contributed by atoms with van der Waals surface area (Å²) < 4.78 is 47.1. The molecule has 0 aliphatic carbocycles. The van der Waals surface area contributed by atoms with Crippen LogP contribution in [-0.2, 0) is 10.0 Å². The highest BCUT2D eigenvalue weighted by molar-refractivity contribution is 7.89. The van der Waals surface area contributed by atoms with E-state index in [1.807, 2.05) is 0 Å². The molecule has 0 heterocycles. The molecular weight excluding hydrogens is 214 g/mol. The van der Waals surface area contributed by atoms with Gasteiger partial charge >= 0.3 is 0 Å². The summed E-state index contributed by atoms with van der Waals surface area (Å²) in [5, 5.41) is 13.1. The van der Waals surface area contributed by atoms with Crippen LogP contribution in [0.1, 0.15) is 5.56 Å². The molecule has 4 nitrogen and oxygen atoms in total. The van der Waals surface area contributed by atoms with Gasteiger partial charge in [-0.2, -0.15) is 5.26 Å². The van der Waals surface area contributed by atoms with Crippen LogP contribution in [0.25, 0.3) is 0 Å². The van der Waals surface area contributed by atoms with E-state index in [1.54, 1.807) is 0 Å². The molecule has 0 aromatic heterocycles. The summed E-state index contributed by atoms with van der Waals surface area (Å²) in [6.45, 7) is 0. The van der Waals surface area contributed by atoms with Crippen LogP contribution in [0.5, 0.6) is 0 Å². The van der Waals surface area contributed by atoms with E-state index in [9.17, 15) is 17.2 Å². The Balaban J connectivity index is 3.68. The van der Waals surface area contributed by atoms with Gasteiger partial charge in [0.2, 0.25) is 10.0 Å². The number of hydrogen-bond donors (Lipinski definition) is 1. The molecule has 0 saturated heterocycles. The molecule has 1 rings (SSSR count). The first-order chi connectivity index (χ1) is 6.36. The maximum absolute atomic E-state index is 12.9. The van der Waals surface area contributed by atoms with E-state index in [1.165, 1.54) is 6.07 Å². The number of halogens is 2. The van der Waals surface area contributed by atoms with Crippen molar-refractivity contribution in [1.82, 2.24) is 0 Å². The molecule has 0 fully saturated rings. The zero-order chi connectivity index (χ0) is 10.9. The van der Waals surface area contributed by atoms with Crippen LogP contribution in [0.15, 0.2) is 17.0 Å². The maximum atomic E-state index is 12.9. The number of hydrogen-bond acceptors (Lipinski definition) is 3. The Labute approximate surface area is 78.6 Å². The van der Waals surface area contributed by atoms with Gasteiger partial charge in [-0.05, 0) is 6.07 Å². The van der Waals surface area contributed by atoms with Crippen LogP contribution >= 0.6 is 0 Å². The lowest BCUT2D eigenvalue weighted by Gasteiger charge is -2.01. The third kappa shape index (κ3) is 1.86. The van der Waals surface area contributed by atoms with Crippen molar-refractivity contribution in [1.29, 1.82) is 5.26 Å². The van der Waals surface area contributed by atoms with Gasteiger partial charge in [0, 0.05) is 6.07 Å². The smallest absolute Gasteiger partial charge is 0.225 e. The minimum Gasteiger partial charge on any atom is -0.225 e. The van der Waals surface area contributed by atoms with Crippen LogP contribution in [-0.4, -0.2) is 8.42 Å². The molecule has 0 unspecified atom stereocenters. The van der Waals surface area contributed by atoms with Gasteiger partial charge in [0.1, 0.15) is 28.2 Å². The van der Waals surface area contributed by atoms with Crippen molar-refractivity contribution in [2.24, 2.45) is 5.14 Å². The summed E-state index contributed by atoms with van der Waals surface area (Å²) in [6, 6.07) is 2.20. The van der Waals surface area contributed by atoms with Crippen LogP contribution in [0.4, 0.5) is 8.78 Å². The van der Waals surface area contributed by atoms with E-state index in [0.717, 1.165) is 0 Å². The average molecular weight is 218 g/mol. The first-order valence-electron chi connectivity index (χ1n) is 3.28. The quantitative estimate of drug-likeness (QED) is 0.744. The second-order valence-corrected chi connectivity index (χ2v) is 3.95. The van der Waals surface area contributed by atoms with Gasteiger partial charge in [0.05, 0.1) is 0 Å². The summed E-state index contributed by atoms with van der Waals surface area (Å²) in [5.41, 5.74) is -0.783. The molecule has 0 spiro atoms. The van der Waals surface area contributed by atoms with Crippen LogP contribution < -0.4 is 5.14 Å². The number of nitrogens with zero attached hydrogens (tertiary/aromatic N) is 1. The van der Waals surface area contributed by atoms with E-state index in [4.69, 9.17) is 5.26 Å². The molecular formula is C7H4F2N2O2S. The molecule has 2 N–H and O–H groups in total. The molecule has 0 saturated carbocycles. The second-order valence-electron chi connectivity index (χ2n) is 2.42. The van der Waals surface area contributed by atoms with Crippen LogP contribution in [0, 0.1) is 23.0 Å². The predicted molar refractivity (Wildman–Crippen MR) is 42.4 cm³/mol. The minimum atomic E-state index is -4.29. The molecule has 1 aromatic carbocycles. The Morgan fingerprint density at radius 2 is 1.93 bits per heavy atom. The van der Waals surface area contributed by atoms with Crippen molar-refractivity contribution < 1.29 is 17.2 Å². The molecule has 7 heteroatoms. The molecule has 74 valence electrons. The highest BCUT2D eigenvalue weighted by Crippen LogP contribution is 2.18. The third-order valence-corrected chi connectivity index (χ3v) is 2.37. The highest BCUT2D eigenvalue weighted by atomic mass is 32.2. The van der Waals surface area contributed by atoms with E-state index >= 15 is 0 Å². The molecule has 0 bridgehead atoms. The number of sulfonamides is 1. The molecule has 0 aliphatic rings. The van der Waals surface area contributed by atoms with Gasteiger partial charge < -0.3 is 0 Å². The van der Waals surface area contributed by atoms with Gasteiger partial charge in [-0.15, -0.1) is 0 Å². The molecule has 0 aliphatic heterocycles. The Kier molecular flexibility index (Phi) is 2.51. The fourth-order valence-corrected chi connectivity index (χ4v) is 1.59. The number of nitriles is 1. The first-order valence-corrected chi connectivity index (χ1v) is 4.83. The van der Waals surface area contributed by atoms with Crippen LogP contribution in [0.2, 0.25) is 0 Å². The number of primary sulfonamides is 1. The predicted octanol–water partition coefficient (Wildman–Crippen LogP) is 0.484. The Morgan fingerprint density at radius 1 is 1.36 bits per heavy atom. The lowest BCUT2D eigenvalue weighted by Crippen LogP contribution is -2.15. The van der Waals surface area contributed by atoms with E-state index < -0.39 is 32.1 Å². The topological polar surface area (TPSA) is 83.9 Å². The fourth-order valence-electron chi connectivity index (χ4n) is 0.883. The molecule has 0 amide bonds. The van der Waals surface area contributed by atoms with Crippen molar-refractivity contribution in [3.8, 4) is 6.07 Å². The zero-order valence-electron chi connectivity index (χ0n) is 6.66. The van der Waals surface area contributed by atoms with Gasteiger partial charge in [-0.1, -0.05) is 0 Å². The number of rotatable bonds is 1. The average Bonchev–Trinajstić information content (AvgIpc) is 2.01. The molecule has 14 heavy (non-hydrogen) atoms. The summed E-state index contributed by atoms with van der Waals surface area (Å²) in [4.78, 5) is -0.850. The van der Waals surface area contributed by atoms with E-state index in [2.05, 4.69) is 5.14 Å². The zero-order valence-corrected chi connectivity index (χ0v) is 7.48. The maximum Gasteiger partial charge on any atom is 0.239 e. The van der Waals surface area contributed by atoms with Gasteiger partial charge in [-0.25, -0.2) is 22.3 Å². The largest absolute Gasteiger partial charge is 0.239 e. The van der Waals surface area contributed by atoms with Gasteiger partial charge in [0.25, 0.3) is 0 Å².